The highest BCUT2D eigenvalue weighted by atomic mass is 32.2. The van der Waals surface area contributed by atoms with E-state index in [1.165, 1.54) is 24.3 Å². The number of aliphatic hydroxyl groups is 1. The Morgan fingerprint density at radius 1 is 1.53 bits per heavy atom. The monoisotopic (exact) mass is 254 g/mol. The molecule has 0 aromatic heterocycles. The Morgan fingerprint density at radius 2 is 2.24 bits per heavy atom. The number of nitrogens with zero attached hydrogens (tertiary/aromatic N) is 1. The van der Waals surface area contributed by atoms with E-state index < -0.39 is 16.1 Å². The zero-order valence-corrected chi connectivity index (χ0v) is 10.2. The van der Waals surface area contributed by atoms with Crippen LogP contribution in [0.3, 0.4) is 0 Å². The van der Waals surface area contributed by atoms with Crippen molar-refractivity contribution in [2.24, 2.45) is 0 Å². The third-order valence-corrected chi connectivity index (χ3v) is 3.59. The Hall–Kier alpha value is -1.42. The first-order chi connectivity index (χ1) is 7.95. The zero-order chi connectivity index (χ0) is 12.9. The number of aliphatic hydroxyl groups excluding tert-OH is 1. The second kappa shape index (κ2) is 5.77. The second-order valence-electron chi connectivity index (χ2n) is 3.68. The molecule has 0 radical (unpaired) electrons. The molecule has 6 heteroatoms. The third kappa shape index (κ3) is 4.15. The van der Waals surface area contributed by atoms with Crippen LogP contribution in [-0.2, 0) is 10.0 Å². The van der Waals surface area contributed by atoms with Crippen LogP contribution in [0, 0.1) is 11.3 Å². The predicted molar refractivity (Wildman–Crippen MR) is 62.6 cm³/mol. The van der Waals surface area contributed by atoms with Gasteiger partial charge in [0.15, 0.2) is 0 Å². The van der Waals surface area contributed by atoms with E-state index in [1.807, 2.05) is 6.07 Å². The van der Waals surface area contributed by atoms with Crippen LogP contribution in [0.5, 0.6) is 0 Å². The summed E-state index contributed by atoms with van der Waals surface area (Å²) in [4.78, 5) is 0.0575. The maximum Gasteiger partial charge on any atom is 0.240 e. The van der Waals surface area contributed by atoms with Crippen molar-refractivity contribution in [2.45, 2.75) is 24.3 Å². The molecule has 5 nitrogen and oxygen atoms in total. The summed E-state index contributed by atoms with van der Waals surface area (Å²) in [5.41, 5.74) is 0.295. The van der Waals surface area contributed by atoms with Crippen LogP contribution in [0.2, 0.25) is 0 Å². The first kappa shape index (κ1) is 13.6. The fourth-order valence-electron chi connectivity index (χ4n) is 1.22. The summed E-state index contributed by atoms with van der Waals surface area (Å²) in [7, 11) is -3.60. The maximum absolute atomic E-state index is 11.8. The van der Waals surface area contributed by atoms with Crippen LogP contribution in [0.25, 0.3) is 0 Å². The van der Waals surface area contributed by atoms with Crippen LogP contribution in [0.1, 0.15) is 18.9 Å². The fourth-order valence-corrected chi connectivity index (χ4v) is 2.31. The molecule has 0 saturated heterocycles. The molecule has 1 atom stereocenters. The second-order valence-corrected chi connectivity index (χ2v) is 5.44. The topological polar surface area (TPSA) is 90.2 Å². The molecule has 92 valence electrons. The lowest BCUT2D eigenvalue weighted by atomic mass is 10.2. The molecular weight excluding hydrogens is 240 g/mol. The average Bonchev–Trinajstić information content (AvgIpc) is 2.28. The molecule has 0 aliphatic heterocycles. The fraction of sp³-hybridized carbons (Fsp3) is 0.364. The average molecular weight is 254 g/mol. The molecule has 1 rings (SSSR count). The summed E-state index contributed by atoms with van der Waals surface area (Å²) in [5, 5.41) is 17.7. The molecule has 1 aromatic carbocycles. The molecule has 0 aliphatic carbocycles. The number of sulfonamides is 1. The van der Waals surface area contributed by atoms with Gasteiger partial charge in [-0.3, -0.25) is 0 Å². The number of nitriles is 1. The van der Waals surface area contributed by atoms with Crippen LogP contribution in [-0.4, -0.2) is 26.2 Å². The Balaban J connectivity index is 2.79. The Kier molecular flexibility index (Phi) is 4.63. The van der Waals surface area contributed by atoms with Gasteiger partial charge in [-0.1, -0.05) is 6.07 Å². The van der Waals surface area contributed by atoms with E-state index in [4.69, 9.17) is 10.4 Å². The molecule has 1 unspecified atom stereocenters. The molecule has 0 fully saturated rings. The van der Waals surface area contributed by atoms with Crippen molar-refractivity contribution in [3.05, 3.63) is 29.8 Å². The predicted octanol–water partition coefficient (Wildman–Crippen LogP) is 0.607. The quantitative estimate of drug-likeness (QED) is 0.805. The Labute approximate surface area is 101 Å². The van der Waals surface area contributed by atoms with Crippen molar-refractivity contribution in [1.29, 1.82) is 5.26 Å². The largest absolute Gasteiger partial charge is 0.393 e. The number of benzene rings is 1. The highest BCUT2D eigenvalue weighted by Gasteiger charge is 2.13. The van der Waals surface area contributed by atoms with E-state index >= 15 is 0 Å². The van der Waals surface area contributed by atoms with Crippen LogP contribution in [0.4, 0.5) is 0 Å². The summed E-state index contributed by atoms with van der Waals surface area (Å²) in [6.07, 6.45) is -0.208. The van der Waals surface area contributed by atoms with Crippen molar-refractivity contribution in [1.82, 2.24) is 4.72 Å². The highest BCUT2D eigenvalue weighted by molar-refractivity contribution is 7.89. The molecule has 0 bridgehead atoms. The van der Waals surface area contributed by atoms with E-state index in [1.54, 1.807) is 6.92 Å². The van der Waals surface area contributed by atoms with Gasteiger partial charge in [-0.25, -0.2) is 13.1 Å². The van der Waals surface area contributed by atoms with E-state index in [2.05, 4.69) is 4.72 Å². The van der Waals surface area contributed by atoms with Crippen molar-refractivity contribution in [2.75, 3.05) is 6.54 Å². The summed E-state index contributed by atoms with van der Waals surface area (Å²) in [6.45, 7) is 1.75. The summed E-state index contributed by atoms with van der Waals surface area (Å²) in [6, 6.07) is 7.67. The van der Waals surface area contributed by atoms with E-state index in [0.29, 0.717) is 12.0 Å². The Morgan fingerprint density at radius 3 is 2.82 bits per heavy atom. The van der Waals surface area contributed by atoms with E-state index in [9.17, 15) is 8.42 Å². The highest BCUT2D eigenvalue weighted by Crippen LogP contribution is 2.10. The van der Waals surface area contributed by atoms with Gasteiger partial charge in [0.1, 0.15) is 0 Å². The van der Waals surface area contributed by atoms with Crippen molar-refractivity contribution in [3.8, 4) is 6.07 Å². The van der Waals surface area contributed by atoms with Gasteiger partial charge in [0, 0.05) is 6.54 Å². The summed E-state index contributed by atoms with van der Waals surface area (Å²) < 4.78 is 25.9. The van der Waals surface area contributed by atoms with Gasteiger partial charge in [0.05, 0.1) is 22.6 Å². The molecule has 0 saturated carbocycles. The van der Waals surface area contributed by atoms with Crippen molar-refractivity contribution >= 4 is 10.0 Å². The summed E-state index contributed by atoms with van der Waals surface area (Å²) >= 11 is 0. The van der Waals surface area contributed by atoms with E-state index in [0.717, 1.165) is 0 Å². The third-order valence-electron chi connectivity index (χ3n) is 2.13. The van der Waals surface area contributed by atoms with Gasteiger partial charge in [0.2, 0.25) is 10.0 Å². The van der Waals surface area contributed by atoms with Gasteiger partial charge >= 0.3 is 0 Å². The van der Waals surface area contributed by atoms with Gasteiger partial charge in [0.25, 0.3) is 0 Å². The SMILES string of the molecule is CC(O)CCNS(=O)(=O)c1cccc(C#N)c1. The van der Waals surface area contributed by atoms with Crippen LogP contribution >= 0.6 is 0 Å². The first-order valence-electron chi connectivity index (χ1n) is 5.13. The molecule has 0 amide bonds. The molecule has 17 heavy (non-hydrogen) atoms. The van der Waals surface area contributed by atoms with Crippen molar-refractivity contribution in [3.63, 3.8) is 0 Å². The van der Waals surface area contributed by atoms with E-state index in [-0.39, 0.29) is 11.4 Å². The lowest BCUT2D eigenvalue weighted by Gasteiger charge is -2.08. The molecule has 2 N–H and O–H groups in total. The number of rotatable bonds is 5. The maximum atomic E-state index is 11.8. The molecule has 0 aliphatic rings. The molecule has 1 aromatic rings. The van der Waals surface area contributed by atoms with Gasteiger partial charge in [-0.2, -0.15) is 5.26 Å². The Bertz CT molecular complexity index is 518. The lowest BCUT2D eigenvalue weighted by molar-refractivity contribution is 0.186. The first-order valence-corrected chi connectivity index (χ1v) is 6.62. The smallest absolute Gasteiger partial charge is 0.240 e. The number of nitrogens with one attached hydrogen (secondary N) is 1. The lowest BCUT2D eigenvalue weighted by Crippen LogP contribution is -2.26. The standard InChI is InChI=1S/C11H14N2O3S/c1-9(14)5-6-13-17(15,16)11-4-2-3-10(7-11)8-12/h2-4,7,9,13-14H,5-6H2,1H3. The van der Waals surface area contributed by atoms with Crippen LogP contribution in [0.15, 0.2) is 29.2 Å². The van der Waals surface area contributed by atoms with Gasteiger partial charge in [-0.15, -0.1) is 0 Å². The minimum Gasteiger partial charge on any atom is -0.393 e. The normalized spacial score (nSPS) is 13.0. The minimum absolute atomic E-state index is 0.0575. The molecule has 0 spiro atoms. The minimum atomic E-state index is -3.60. The number of hydrogen-bond acceptors (Lipinski definition) is 4. The number of hydrogen-bond donors (Lipinski definition) is 2. The van der Waals surface area contributed by atoms with Gasteiger partial charge in [-0.05, 0) is 31.5 Å². The van der Waals surface area contributed by atoms with Crippen LogP contribution < -0.4 is 4.72 Å². The zero-order valence-electron chi connectivity index (χ0n) is 9.42. The molecular formula is C11H14N2O3S. The van der Waals surface area contributed by atoms with Crippen molar-refractivity contribution < 1.29 is 13.5 Å². The summed E-state index contributed by atoms with van der Waals surface area (Å²) in [5.74, 6) is 0. The molecule has 0 heterocycles. The van der Waals surface area contributed by atoms with Gasteiger partial charge < -0.3 is 5.11 Å².